The average molecular weight is 395 g/mol. The predicted molar refractivity (Wildman–Crippen MR) is 110 cm³/mol. The summed E-state index contributed by atoms with van der Waals surface area (Å²) in [4.78, 5) is 28.6. The van der Waals surface area contributed by atoms with E-state index < -0.39 is 0 Å². The van der Waals surface area contributed by atoms with E-state index in [1.54, 1.807) is 17.0 Å². The van der Waals surface area contributed by atoms with Crippen molar-refractivity contribution in [3.8, 4) is 0 Å². The molecule has 0 unspecified atom stereocenters. The fourth-order valence-electron chi connectivity index (χ4n) is 3.36. The molecule has 2 rings (SSSR count). The van der Waals surface area contributed by atoms with Gasteiger partial charge in [-0.05, 0) is 63.7 Å². The maximum Gasteiger partial charge on any atom is 0.315 e. The topological polar surface area (TPSA) is 64.7 Å². The summed E-state index contributed by atoms with van der Waals surface area (Å²) in [6, 6.07) is 6.87. The summed E-state index contributed by atoms with van der Waals surface area (Å²) < 4.78 is 0. The average Bonchev–Trinajstić information content (AvgIpc) is 2.99. The Hall–Kier alpha value is -1.79. The molecule has 1 saturated heterocycles. The van der Waals surface area contributed by atoms with Crippen LogP contribution in [-0.2, 0) is 4.79 Å². The highest BCUT2D eigenvalue weighted by Gasteiger charge is 2.31. The molecule has 150 valence electrons. The number of nitrogens with one attached hydrogen (secondary N) is 2. The number of rotatable bonds is 9. The van der Waals surface area contributed by atoms with Gasteiger partial charge in [0.1, 0.15) is 0 Å². The zero-order valence-electron chi connectivity index (χ0n) is 16.5. The van der Waals surface area contributed by atoms with E-state index in [1.165, 1.54) is 0 Å². The smallest absolute Gasteiger partial charge is 0.315 e. The number of nitrogens with zero attached hydrogens (tertiary/aromatic N) is 2. The monoisotopic (exact) mass is 394 g/mol. The third kappa shape index (κ3) is 6.70. The van der Waals surface area contributed by atoms with Crippen molar-refractivity contribution < 1.29 is 9.59 Å². The van der Waals surface area contributed by atoms with Gasteiger partial charge in [-0.2, -0.15) is 0 Å². The summed E-state index contributed by atoms with van der Waals surface area (Å²) >= 11 is 5.90. The lowest BCUT2D eigenvalue weighted by Crippen LogP contribution is -2.46. The van der Waals surface area contributed by atoms with E-state index in [4.69, 9.17) is 11.6 Å². The minimum absolute atomic E-state index is 0.00916. The van der Waals surface area contributed by atoms with Crippen LogP contribution in [0.5, 0.6) is 0 Å². The van der Waals surface area contributed by atoms with Gasteiger partial charge in [0.2, 0.25) is 5.91 Å². The third-order valence-electron chi connectivity index (χ3n) is 4.98. The van der Waals surface area contributed by atoms with Gasteiger partial charge in [0.25, 0.3) is 0 Å². The Morgan fingerprint density at radius 1 is 1.30 bits per heavy atom. The Labute approximate surface area is 167 Å². The molecule has 0 spiro atoms. The van der Waals surface area contributed by atoms with Gasteiger partial charge >= 0.3 is 6.03 Å². The van der Waals surface area contributed by atoms with Crippen LogP contribution >= 0.6 is 11.6 Å². The van der Waals surface area contributed by atoms with E-state index >= 15 is 0 Å². The van der Waals surface area contributed by atoms with Gasteiger partial charge in [-0.3, -0.25) is 4.79 Å². The standard InChI is InChI=1S/C20H31ClN4O2/c1-4-24(5-2)12-6-7-15(3)22-20(27)23-17-13-19(26)25(14-17)18-10-8-16(21)9-11-18/h8-11,15,17H,4-7,12-14H2,1-3H3,(H2,22,23,27)/t15-,17-/m1/s1. The minimum Gasteiger partial charge on any atom is -0.336 e. The number of carbonyl (C=O) groups is 2. The Morgan fingerprint density at radius 2 is 1.96 bits per heavy atom. The van der Waals surface area contributed by atoms with Crippen LogP contribution in [0.3, 0.4) is 0 Å². The second-order valence-corrected chi connectivity index (χ2v) is 7.51. The number of urea groups is 1. The van der Waals surface area contributed by atoms with Crippen LogP contribution in [0.25, 0.3) is 0 Å². The van der Waals surface area contributed by atoms with Crippen LogP contribution < -0.4 is 15.5 Å². The zero-order valence-corrected chi connectivity index (χ0v) is 17.3. The number of carbonyl (C=O) groups excluding carboxylic acids is 2. The Morgan fingerprint density at radius 3 is 2.59 bits per heavy atom. The predicted octanol–water partition coefficient (Wildman–Crippen LogP) is 3.26. The molecule has 2 N–H and O–H groups in total. The van der Waals surface area contributed by atoms with Crippen molar-refractivity contribution in [1.82, 2.24) is 15.5 Å². The highest BCUT2D eigenvalue weighted by Crippen LogP contribution is 2.23. The first-order chi connectivity index (χ1) is 12.9. The maximum atomic E-state index is 12.3. The molecule has 3 amide bonds. The molecule has 0 saturated carbocycles. The molecule has 1 aromatic rings. The van der Waals surface area contributed by atoms with Crippen molar-refractivity contribution in [2.45, 2.75) is 52.1 Å². The van der Waals surface area contributed by atoms with Crippen LogP contribution in [0.2, 0.25) is 5.02 Å². The molecule has 1 heterocycles. The van der Waals surface area contributed by atoms with E-state index in [-0.39, 0.29) is 24.0 Å². The molecule has 1 fully saturated rings. The van der Waals surface area contributed by atoms with Crippen LogP contribution in [-0.4, -0.2) is 55.1 Å². The van der Waals surface area contributed by atoms with Crippen molar-refractivity contribution in [2.24, 2.45) is 0 Å². The first-order valence-corrected chi connectivity index (χ1v) is 10.2. The van der Waals surface area contributed by atoms with E-state index in [9.17, 15) is 9.59 Å². The quantitative estimate of drug-likeness (QED) is 0.675. The molecule has 0 aliphatic carbocycles. The summed E-state index contributed by atoms with van der Waals surface area (Å²) in [5.74, 6) is 0.00916. The van der Waals surface area contributed by atoms with Crippen molar-refractivity contribution in [3.05, 3.63) is 29.3 Å². The highest BCUT2D eigenvalue weighted by molar-refractivity contribution is 6.30. The second-order valence-electron chi connectivity index (χ2n) is 7.07. The van der Waals surface area contributed by atoms with Gasteiger partial charge in [0.05, 0.1) is 6.04 Å². The fourth-order valence-corrected chi connectivity index (χ4v) is 3.48. The summed E-state index contributed by atoms with van der Waals surface area (Å²) in [5, 5.41) is 6.54. The summed E-state index contributed by atoms with van der Waals surface area (Å²) in [5.41, 5.74) is 0.805. The number of amides is 3. The second kappa shape index (κ2) is 10.5. The lowest BCUT2D eigenvalue weighted by molar-refractivity contribution is -0.117. The normalized spacial score (nSPS) is 18.0. The first kappa shape index (κ1) is 21.5. The molecule has 1 aliphatic heterocycles. The minimum atomic E-state index is -0.207. The van der Waals surface area contributed by atoms with E-state index in [0.29, 0.717) is 18.0 Å². The van der Waals surface area contributed by atoms with Crippen LogP contribution in [0.15, 0.2) is 24.3 Å². The number of halogens is 1. The summed E-state index contributed by atoms with van der Waals surface area (Å²) in [6.45, 7) is 9.97. The molecular weight excluding hydrogens is 364 g/mol. The third-order valence-corrected chi connectivity index (χ3v) is 5.23. The van der Waals surface area contributed by atoms with Crippen molar-refractivity contribution in [1.29, 1.82) is 0 Å². The Kier molecular flexibility index (Phi) is 8.38. The molecule has 0 aromatic heterocycles. The first-order valence-electron chi connectivity index (χ1n) is 9.78. The lowest BCUT2D eigenvalue weighted by atomic mass is 10.2. The van der Waals surface area contributed by atoms with Gasteiger partial charge in [-0.15, -0.1) is 0 Å². The summed E-state index contributed by atoms with van der Waals surface area (Å²) in [7, 11) is 0. The van der Waals surface area contributed by atoms with Crippen molar-refractivity contribution in [3.63, 3.8) is 0 Å². The maximum absolute atomic E-state index is 12.3. The van der Waals surface area contributed by atoms with Gasteiger partial charge in [-0.1, -0.05) is 25.4 Å². The highest BCUT2D eigenvalue weighted by atomic mass is 35.5. The van der Waals surface area contributed by atoms with Gasteiger partial charge in [0.15, 0.2) is 0 Å². The molecule has 0 bridgehead atoms. The number of anilines is 1. The SMILES string of the molecule is CCN(CC)CCC[C@@H](C)NC(=O)N[C@@H]1CC(=O)N(c2ccc(Cl)cc2)C1. The van der Waals surface area contributed by atoms with Crippen molar-refractivity contribution >= 4 is 29.2 Å². The largest absolute Gasteiger partial charge is 0.336 e. The zero-order chi connectivity index (χ0) is 19.8. The fraction of sp³-hybridized carbons (Fsp3) is 0.600. The molecule has 6 nitrogen and oxygen atoms in total. The molecule has 1 aromatic carbocycles. The molecule has 27 heavy (non-hydrogen) atoms. The number of benzene rings is 1. The Bertz CT molecular complexity index is 619. The van der Waals surface area contributed by atoms with Crippen LogP contribution in [0.1, 0.15) is 40.0 Å². The summed E-state index contributed by atoms with van der Waals surface area (Å²) in [6.07, 6.45) is 2.30. The van der Waals surface area contributed by atoms with E-state index in [1.807, 2.05) is 19.1 Å². The van der Waals surface area contributed by atoms with Crippen LogP contribution in [0, 0.1) is 0 Å². The van der Waals surface area contributed by atoms with Gasteiger partial charge < -0.3 is 20.4 Å². The van der Waals surface area contributed by atoms with Gasteiger partial charge in [-0.25, -0.2) is 4.79 Å². The van der Waals surface area contributed by atoms with E-state index in [2.05, 4.69) is 29.4 Å². The molecule has 0 radical (unpaired) electrons. The van der Waals surface area contributed by atoms with E-state index in [0.717, 1.165) is 38.2 Å². The number of hydrogen-bond acceptors (Lipinski definition) is 3. The molecule has 7 heteroatoms. The lowest BCUT2D eigenvalue weighted by Gasteiger charge is -2.21. The molecule has 1 aliphatic rings. The van der Waals surface area contributed by atoms with Crippen LogP contribution in [0.4, 0.5) is 10.5 Å². The van der Waals surface area contributed by atoms with Crippen molar-refractivity contribution in [2.75, 3.05) is 31.1 Å². The Balaban J connectivity index is 1.74. The molecular formula is C20H31ClN4O2. The molecule has 2 atom stereocenters. The van der Waals surface area contributed by atoms with Gasteiger partial charge in [0, 0.05) is 29.7 Å². The number of hydrogen-bond donors (Lipinski definition) is 2.